The average Bonchev–Trinajstić information content (AvgIpc) is 2.94. The van der Waals surface area contributed by atoms with Crippen LogP contribution in [0.4, 0.5) is 10.5 Å². The lowest BCUT2D eigenvalue weighted by Gasteiger charge is -2.23. The number of nitrogens with one attached hydrogen (secondary N) is 2. The molecule has 3 atom stereocenters. The number of benzene rings is 1. The van der Waals surface area contributed by atoms with Crippen molar-refractivity contribution in [3.8, 4) is 0 Å². The molecule has 0 heterocycles. The molecule has 2 amide bonds. The van der Waals surface area contributed by atoms with E-state index in [0.717, 1.165) is 18.0 Å². The SMILES string of the molecule is O=C(Nc1ccc(Cl)cc1)N[C@@H]1C[C@@H]2CC[C@@H]1C2. The summed E-state index contributed by atoms with van der Waals surface area (Å²) in [5.41, 5.74) is 0.778. The number of carbonyl (C=O) groups excluding carboxylic acids is 1. The van der Waals surface area contributed by atoms with E-state index in [9.17, 15) is 4.79 Å². The predicted octanol–water partition coefficient (Wildman–Crippen LogP) is 3.65. The monoisotopic (exact) mass is 264 g/mol. The van der Waals surface area contributed by atoms with Crippen LogP contribution in [0, 0.1) is 11.8 Å². The Hall–Kier alpha value is -1.22. The largest absolute Gasteiger partial charge is 0.335 e. The van der Waals surface area contributed by atoms with Crippen molar-refractivity contribution in [2.45, 2.75) is 31.7 Å². The topological polar surface area (TPSA) is 41.1 Å². The van der Waals surface area contributed by atoms with Crippen LogP contribution >= 0.6 is 11.6 Å². The molecule has 3 rings (SSSR count). The number of anilines is 1. The van der Waals surface area contributed by atoms with Crippen molar-refractivity contribution < 1.29 is 4.79 Å². The van der Waals surface area contributed by atoms with Crippen LogP contribution in [0.3, 0.4) is 0 Å². The zero-order valence-electron chi connectivity index (χ0n) is 10.2. The van der Waals surface area contributed by atoms with Gasteiger partial charge in [-0.3, -0.25) is 0 Å². The smallest absolute Gasteiger partial charge is 0.319 e. The summed E-state index contributed by atoms with van der Waals surface area (Å²) in [6.45, 7) is 0. The van der Waals surface area contributed by atoms with Gasteiger partial charge in [-0.15, -0.1) is 0 Å². The third-order valence-corrected chi connectivity index (χ3v) is 4.41. The van der Waals surface area contributed by atoms with E-state index in [2.05, 4.69) is 10.6 Å². The number of rotatable bonds is 2. The first-order chi connectivity index (χ1) is 8.70. The molecule has 2 aliphatic rings. The highest BCUT2D eigenvalue weighted by Crippen LogP contribution is 2.44. The molecule has 0 saturated heterocycles. The summed E-state index contributed by atoms with van der Waals surface area (Å²) < 4.78 is 0. The molecule has 0 aromatic heterocycles. The first-order valence-electron chi connectivity index (χ1n) is 6.54. The van der Waals surface area contributed by atoms with Crippen LogP contribution in [0.2, 0.25) is 5.02 Å². The Morgan fingerprint density at radius 1 is 1.17 bits per heavy atom. The minimum Gasteiger partial charge on any atom is -0.335 e. The molecule has 0 spiro atoms. The number of hydrogen-bond donors (Lipinski definition) is 2. The quantitative estimate of drug-likeness (QED) is 0.841. The van der Waals surface area contributed by atoms with Gasteiger partial charge in [0.2, 0.25) is 0 Å². The predicted molar refractivity (Wildman–Crippen MR) is 72.8 cm³/mol. The maximum absolute atomic E-state index is 11.9. The summed E-state index contributed by atoms with van der Waals surface area (Å²) in [7, 11) is 0. The lowest BCUT2D eigenvalue weighted by molar-refractivity contribution is 0.242. The number of fused-ring (bicyclic) bond motifs is 2. The molecule has 18 heavy (non-hydrogen) atoms. The maximum Gasteiger partial charge on any atom is 0.319 e. The minimum absolute atomic E-state index is 0.102. The van der Waals surface area contributed by atoms with Gasteiger partial charge in [-0.1, -0.05) is 18.0 Å². The van der Waals surface area contributed by atoms with Crippen molar-refractivity contribution in [3.63, 3.8) is 0 Å². The molecule has 0 unspecified atom stereocenters. The van der Waals surface area contributed by atoms with E-state index in [4.69, 9.17) is 11.6 Å². The highest BCUT2D eigenvalue weighted by atomic mass is 35.5. The first kappa shape index (κ1) is 11.8. The first-order valence-corrected chi connectivity index (χ1v) is 6.91. The van der Waals surface area contributed by atoms with Gasteiger partial charge >= 0.3 is 6.03 Å². The second kappa shape index (κ2) is 4.81. The van der Waals surface area contributed by atoms with Crippen LogP contribution < -0.4 is 10.6 Å². The second-order valence-electron chi connectivity index (χ2n) is 5.39. The fraction of sp³-hybridized carbons (Fsp3) is 0.500. The van der Waals surface area contributed by atoms with Gasteiger partial charge in [0.1, 0.15) is 0 Å². The van der Waals surface area contributed by atoms with Crippen LogP contribution in [0.15, 0.2) is 24.3 Å². The molecule has 4 heteroatoms. The molecule has 2 fully saturated rings. The van der Waals surface area contributed by atoms with Gasteiger partial charge in [0.05, 0.1) is 0 Å². The fourth-order valence-corrected chi connectivity index (χ4v) is 3.42. The minimum atomic E-state index is -0.102. The van der Waals surface area contributed by atoms with E-state index in [0.29, 0.717) is 17.0 Å². The van der Waals surface area contributed by atoms with Gasteiger partial charge in [-0.25, -0.2) is 4.79 Å². The van der Waals surface area contributed by atoms with Gasteiger partial charge in [0, 0.05) is 16.8 Å². The summed E-state index contributed by atoms with van der Waals surface area (Å²) in [6, 6.07) is 7.43. The Bertz CT molecular complexity index is 446. The average molecular weight is 265 g/mol. The zero-order valence-corrected chi connectivity index (χ0v) is 10.9. The van der Waals surface area contributed by atoms with Crippen molar-refractivity contribution in [2.75, 3.05) is 5.32 Å². The van der Waals surface area contributed by atoms with E-state index in [-0.39, 0.29) is 6.03 Å². The molecule has 1 aromatic rings. The van der Waals surface area contributed by atoms with Gasteiger partial charge in [-0.2, -0.15) is 0 Å². The van der Waals surface area contributed by atoms with Crippen molar-refractivity contribution >= 4 is 23.3 Å². The molecule has 0 aliphatic heterocycles. The second-order valence-corrected chi connectivity index (χ2v) is 5.82. The number of carbonyl (C=O) groups is 1. The van der Waals surface area contributed by atoms with Crippen molar-refractivity contribution in [2.24, 2.45) is 11.8 Å². The number of halogens is 1. The van der Waals surface area contributed by atoms with E-state index in [1.165, 1.54) is 19.3 Å². The Labute approximate surface area is 112 Å². The Morgan fingerprint density at radius 2 is 1.94 bits per heavy atom. The van der Waals surface area contributed by atoms with Crippen LogP contribution in [-0.4, -0.2) is 12.1 Å². The Balaban J connectivity index is 1.54. The molecule has 3 nitrogen and oxygen atoms in total. The summed E-state index contributed by atoms with van der Waals surface area (Å²) in [4.78, 5) is 11.9. The number of amides is 2. The standard InChI is InChI=1S/C14H17ClN2O/c15-11-3-5-12(6-4-11)16-14(18)17-13-8-9-1-2-10(13)7-9/h3-6,9-10,13H,1-2,7-8H2,(H2,16,17,18)/t9-,10-,13-/m1/s1. The van der Waals surface area contributed by atoms with Crippen molar-refractivity contribution in [1.82, 2.24) is 5.32 Å². The Kier molecular flexibility index (Phi) is 3.16. The van der Waals surface area contributed by atoms with Crippen LogP contribution in [0.25, 0.3) is 0 Å². The molecule has 0 radical (unpaired) electrons. The molecule has 2 bridgehead atoms. The molecule has 96 valence electrons. The van der Waals surface area contributed by atoms with Crippen molar-refractivity contribution in [1.29, 1.82) is 0 Å². The third kappa shape index (κ3) is 2.46. The lowest BCUT2D eigenvalue weighted by atomic mass is 9.95. The molecule has 2 N–H and O–H groups in total. The Morgan fingerprint density at radius 3 is 2.56 bits per heavy atom. The number of urea groups is 1. The van der Waals surface area contributed by atoms with Gasteiger partial charge in [-0.05, 0) is 55.4 Å². The highest BCUT2D eigenvalue weighted by molar-refractivity contribution is 6.30. The lowest BCUT2D eigenvalue weighted by Crippen LogP contribution is -2.40. The highest BCUT2D eigenvalue weighted by Gasteiger charge is 2.40. The summed E-state index contributed by atoms with van der Waals surface area (Å²) in [6.07, 6.45) is 5.07. The summed E-state index contributed by atoms with van der Waals surface area (Å²) >= 11 is 5.80. The zero-order chi connectivity index (χ0) is 12.5. The van der Waals surface area contributed by atoms with Crippen LogP contribution in [0.5, 0.6) is 0 Å². The normalized spacial score (nSPS) is 29.3. The van der Waals surface area contributed by atoms with Gasteiger partial charge in [0.15, 0.2) is 0 Å². The summed E-state index contributed by atoms with van der Waals surface area (Å²) in [5.74, 6) is 1.54. The third-order valence-electron chi connectivity index (χ3n) is 4.16. The van der Waals surface area contributed by atoms with Gasteiger partial charge in [0.25, 0.3) is 0 Å². The molecule has 1 aromatic carbocycles. The molecular formula is C14H17ClN2O. The van der Waals surface area contributed by atoms with E-state index < -0.39 is 0 Å². The molecule has 2 aliphatic carbocycles. The molecular weight excluding hydrogens is 248 g/mol. The van der Waals surface area contributed by atoms with Crippen molar-refractivity contribution in [3.05, 3.63) is 29.3 Å². The fourth-order valence-electron chi connectivity index (χ4n) is 3.29. The maximum atomic E-state index is 11.9. The van der Waals surface area contributed by atoms with Crippen LogP contribution in [0.1, 0.15) is 25.7 Å². The van der Waals surface area contributed by atoms with E-state index >= 15 is 0 Å². The number of hydrogen-bond acceptors (Lipinski definition) is 1. The van der Waals surface area contributed by atoms with Crippen LogP contribution in [-0.2, 0) is 0 Å². The van der Waals surface area contributed by atoms with Gasteiger partial charge < -0.3 is 10.6 Å². The molecule has 2 saturated carbocycles. The van der Waals surface area contributed by atoms with E-state index in [1.54, 1.807) is 12.1 Å². The van der Waals surface area contributed by atoms with E-state index in [1.807, 2.05) is 12.1 Å². The summed E-state index contributed by atoms with van der Waals surface area (Å²) in [5, 5.41) is 6.61.